The average molecular weight is 237 g/mol. The number of thioether (sulfide) groups is 1. The summed E-state index contributed by atoms with van der Waals surface area (Å²) in [6.45, 7) is 0. The van der Waals surface area contributed by atoms with Crippen molar-refractivity contribution in [2.75, 3.05) is 16.9 Å². The highest BCUT2D eigenvalue weighted by Crippen LogP contribution is 2.19. The molecule has 1 aromatic rings. The molecule has 0 bridgehead atoms. The number of carbonyl (C=O) groups is 1. The molecule has 0 aliphatic carbocycles. The molecule has 0 aromatic heterocycles. The highest BCUT2D eigenvalue weighted by molar-refractivity contribution is 7.99. The third-order valence-electron chi connectivity index (χ3n) is 2.59. The first-order valence-corrected chi connectivity index (χ1v) is 6.41. The van der Waals surface area contributed by atoms with Crippen LogP contribution in [0.1, 0.15) is 16.8 Å². The van der Waals surface area contributed by atoms with Crippen LogP contribution in [0.4, 0.5) is 5.69 Å². The summed E-state index contributed by atoms with van der Waals surface area (Å²) in [5.74, 6) is 7.44. The number of nitrogens with one attached hydrogen (secondary N) is 2. The van der Waals surface area contributed by atoms with E-state index in [1.54, 1.807) is 12.1 Å². The molecule has 1 unspecified atom stereocenters. The average Bonchev–Trinajstić information content (AvgIpc) is 2.81. The lowest BCUT2D eigenvalue weighted by Crippen LogP contribution is -2.35. The monoisotopic (exact) mass is 237 g/mol. The van der Waals surface area contributed by atoms with Crippen LogP contribution in [0.3, 0.4) is 0 Å². The second-order valence-corrected chi connectivity index (χ2v) is 4.87. The van der Waals surface area contributed by atoms with Gasteiger partial charge in [-0.1, -0.05) is 12.1 Å². The Morgan fingerprint density at radius 1 is 1.44 bits per heavy atom. The summed E-state index contributed by atoms with van der Waals surface area (Å²) >= 11 is 1.87. The molecule has 2 rings (SSSR count). The number of benzene rings is 1. The van der Waals surface area contributed by atoms with Gasteiger partial charge in [0.2, 0.25) is 0 Å². The second kappa shape index (κ2) is 5.23. The van der Waals surface area contributed by atoms with Crippen molar-refractivity contribution in [1.29, 1.82) is 0 Å². The summed E-state index contributed by atoms with van der Waals surface area (Å²) in [5.41, 5.74) is 3.79. The Kier molecular flexibility index (Phi) is 3.69. The van der Waals surface area contributed by atoms with E-state index in [4.69, 9.17) is 5.84 Å². The fourth-order valence-electron chi connectivity index (χ4n) is 1.72. The molecule has 1 fully saturated rings. The number of nitrogens with two attached hydrogens (primary N) is 1. The summed E-state index contributed by atoms with van der Waals surface area (Å²) in [6.07, 6.45) is 1.05. The van der Waals surface area contributed by atoms with Gasteiger partial charge in [0, 0.05) is 11.8 Å². The number of para-hydroxylation sites is 1. The summed E-state index contributed by atoms with van der Waals surface area (Å²) in [4.78, 5) is 12.0. The van der Waals surface area contributed by atoms with E-state index in [1.807, 2.05) is 23.9 Å². The zero-order valence-corrected chi connectivity index (χ0v) is 9.72. The Labute approximate surface area is 98.9 Å². The molecular weight excluding hydrogens is 222 g/mol. The van der Waals surface area contributed by atoms with Gasteiger partial charge in [-0.25, -0.2) is 0 Å². The van der Waals surface area contributed by atoms with Crippen LogP contribution in [0.5, 0.6) is 0 Å². The van der Waals surface area contributed by atoms with Gasteiger partial charge in [-0.3, -0.25) is 10.6 Å². The zero-order valence-electron chi connectivity index (χ0n) is 8.90. The lowest BCUT2D eigenvalue weighted by Gasteiger charge is -2.13. The van der Waals surface area contributed by atoms with E-state index in [0.717, 1.165) is 17.9 Å². The Morgan fingerprint density at radius 2 is 2.25 bits per heavy atom. The van der Waals surface area contributed by atoms with E-state index in [0.29, 0.717) is 17.3 Å². The third kappa shape index (κ3) is 2.48. The maximum atomic E-state index is 12.0. The van der Waals surface area contributed by atoms with Gasteiger partial charge in [0.05, 0.1) is 11.3 Å². The van der Waals surface area contributed by atoms with Gasteiger partial charge in [-0.05, 0) is 24.3 Å². The normalized spacial score (nSPS) is 19.4. The van der Waals surface area contributed by atoms with Crippen LogP contribution in [0, 0.1) is 0 Å². The number of hydrogen-bond acceptors (Lipinski definition) is 4. The summed E-state index contributed by atoms with van der Waals surface area (Å²) in [5, 5.41) is 3.01. The van der Waals surface area contributed by atoms with E-state index < -0.39 is 0 Å². The van der Waals surface area contributed by atoms with Crippen molar-refractivity contribution in [2.45, 2.75) is 12.5 Å². The molecule has 0 saturated carbocycles. The van der Waals surface area contributed by atoms with Crippen molar-refractivity contribution in [3.8, 4) is 0 Å². The van der Waals surface area contributed by atoms with Crippen molar-refractivity contribution < 1.29 is 4.79 Å². The van der Waals surface area contributed by atoms with Gasteiger partial charge in [0.15, 0.2) is 0 Å². The highest BCUT2D eigenvalue weighted by Gasteiger charge is 2.19. The smallest absolute Gasteiger partial charge is 0.253 e. The van der Waals surface area contributed by atoms with Crippen molar-refractivity contribution in [3.05, 3.63) is 29.8 Å². The van der Waals surface area contributed by atoms with Crippen LogP contribution in [-0.2, 0) is 0 Å². The number of amides is 1. The van der Waals surface area contributed by atoms with E-state index in [1.165, 1.54) is 0 Å². The molecule has 1 amide bonds. The topological polar surface area (TPSA) is 67.1 Å². The lowest BCUT2D eigenvalue weighted by molar-refractivity contribution is 0.0942. The molecule has 4 nitrogen and oxygen atoms in total. The molecule has 1 aliphatic heterocycles. The summed E-state index contributed by atoms with van der Waals surface area (Å²) in [6, 6.07) is 7.53. The van der Waals surface area contributed by atoms with E-state index >= 15 is 0 Å². The van der Waals surface area contributed by atoms with Crippen LogP contribution >= 0.6 is 11.8 Å². The van der Waals surface area contributed by atoms with Gasteiger partial charge >= 0.3 is 0 Å². The Hall–Kier alpha value is -1.20. The first-order valence-electron chi connectivity index (χ1n) is 5.25. The SMILES string of the molecule is NNc1ccccc1C(=O)NC1CCSC1. The fraction of sp³-hybridized carbons (Fsp3) is 0.364. The number of hydrogen-bond donors (Lipinski definition) is 3. The molecule has 1 atom stereocenters. The van der Waals surface area contributed by atoms with Crippen molar-refractivity contribution >= 4 is 23.4 Å². The Morgan fingerprint density at radius 3 is 2.94 bits per heavy atom. The molecule has 1 aliphatic rings. The van der Waals surface area contributed by atoms with Crippen LogP contribution in [0.2, 0.25) is 0 Å². The molecule has 4 N–H and O–H groups in total. The predicted molar refractivity (Wildman–Crippen MR) is 67.4 cm³/mol. The minimum absolute atomic E-state index is 0.0546. The number of anilines is 1. The lowest BCUT2D eigenvalue weighted by atomic mass is 10.1. The number of carbonyl (C=O) groups excluding carboxylic acids is 1. The standard InChI is InChI=1S/C11H15N3OS/c12-14-10-4-2-1-3-9(10)11(15)13-8-5-6-16-7-8/h1-4,8,14H,5-7,12H2,(H,13,15). The van der Waals surface area contributed by atoms with E-state index in [-0.39, 0.29) is 5.91 Å². The highest BCUT2D eigenvalue weighted by atomic mass is 32.2. The van der Waals surface area contributed by atoms with Gasteiger partial charge in [-0.15, -0.1) is 0 Å². The van der Waals surface area contributed by atoms with Gasteiger partial charge < -0.3 is 10.7 Å². The van der Waals surface area contributed by atoms with Crippen LogP contribution < -0.4 is 16.6 Å². The predicted octanol–water partition coefficient (Wildman–Crippen LogP) is 1.21. The summed E-state index contributed by atoms with van der Waals surface area (Å²) in [7, 11) is 0. The van der Waals surface area contributed by atoms with Crippen LogP contribution in [0.25, 0.3) is 0 Å². The maximum Gasteiger partial charge on any atom is 0.253 e. The minimum atomic E-state index is -0.0546. The molecular formula is C11H15N3OS. The molecule has 0 spiro atoms. The van der Waals surface area contributed by atoms with E-state index in [9.17, 15) is 4.79 Å². The zero-order chi connectivity index (χ0) is 11.4. The first-order chi connectivity index (χ1) is 7.81. The van der Waals surface area contributed by atoms with Gasteiger partial charge in [0.1, 0.15) is 0 Å². The van der Waals surface area contributed by atoms with E-state index in [2.05, 4.69) is 10.7 Å². The second-order valence-electron chi connectivity index (χ2n) is 3.72. The third-order valence-corrected chi connectivity index (χ3v) is 3.75. The first kappa shape index (κ1) is 11.3. The number of nitrogen functional groups attached to an aromatic ring is 1. The van der Waals surface area contributed by atoms with Crippen molar-refractivity contribution in [2.24, 2.45) is 5.84 Å². The molecule has 86 valence electrons. The maximum absolute atomic E-state index is 12.0. The number of hydrazine groups is 1. The summed E-state index contributed by atoms with van der Waals surface area (Å²) < 4.78 is 0. The fourth-order valence-corrected chi connectivity index (χ4v) is 2.87. The molecule has 1 aromatic carbocycles. The Balaban J connectivity index is 2.07. The molecule has 1 saturated heterocycles. The van der Waals surface area contributed by atoms with Crippen LogP contribution in [0.15, 0.2) is 24.3 Å². The molecule has 5 heteroatoms. The van der Waals surface area contributed by atoms with Crippen molar-refractivity contribution in [3.63, 3.8) is 0 Å². The Bertz CT molecular complexity index is 377. The van der Waals surface area contributed by atoms with Crippen molar-refractivity contribution in [1.82, 2.24) is 5.32 Å². The molecule has 0 radical (unpaired) electrons. The quantitative estimate of drug-likeness (QED) is 0.546. The van der Waals surface area contributed by atoms with Crippen LogP contribution in [-0.4, -0.2) is 23.5 Å². The number of rotatable bonds is 3. The molecule has 16 heavy (non-hydrogen) atoms. The molecule has 1 heterocycles. The minimum Gasteiger partial charge on any atom is -0.348 e. The van der Waals surface area contributed by atoms with Gasteiger partial charge in [-0.2, -0.15) is 11.8 Å². The largest absolute Gasteiger partial charge is 0.348 e. The van der Waals surface area contributed by atoms with Gasteiger partial charge in [0.25, 0.3) is 5.91 Å².